The Morgan fingerprint density at radius 1 is 1.48 bits per heavy atom. The largest absolute Gasteiger partial charge is 0.495 e. The zero-order valence-electron chi connectivity index (χ0n) is 12.0. The highest BCUT2D eigenvalue weighted by atomic mass is 16.5. The Bertz CT molecular complexity index is 607. The minimum absolute atomic E-state index is 0.179. The molecule has 0 bridgehead atoms. The molecule has 110 valence electrons. The van der Waals surface area contributed by atoms with Crippen LogP contribution >= 0.6 is 0 Å². The number of rotatable bonds is 4. The monoisotopic (exact) mass is 287 g/mol. The van der Waals surface area contributed by atoms with E-state index in [-0.39, 0.29) is 24.4 Å². The van der Waals surface area contributed by atoms with Crippen LogP contribution < -0.4 is 10.1 Å². The van der Waals surface area contributed by atoms with Gasteiger partial charge < -0.3 is 4.74 Å². The van der Waals surface area contributed by atoms with Crippen LogP contribution in [-0.2, 0) is 16.1 Å². The van der Waals surface area contributed by atoms with Crippen molar-refractivity contribution in [2.24, 2.45) is 0 Å². The van der Waals surface area contributed by atoms with Crippen LogP contribution in [-0.4, -0.2) is 36.4 Å². The number of carbonyl (C=O) groups excluding carboxylic acids is 2. The SMILES string of the molecule is CCC1C(=O)NC(=O)CN1Cc1ccc(OC)c(C#N)c1. The van der Waals surface area contributed by atoms with Crippen molar-refractivity contribution in [1.29, 1.82) is 5.26 Å². The summed E-state index contributed by atoms with van der Waals surface area (Å²) in [5, 5.41) is 11.4. The van der Waals surface area contributed by atoms with E-state index < -0.39 is 0 Å². The van der Waals surface area contributed by atoms with Crippen molar-refractivity contribution in [2.45, 2.75) is 25.9 Å². The van der Waals surface area contributed by atoms with Gasteiger partial charge in [-0.05, 0) is 24.1 Å². The van der Waals surface area contributed by atoms with Gasteiger partial charge in [-0.15, -0.1) is 0 Å². The summed E-state index contributed by atoms with van der Waals surface area (Å²) in [5.74, 6) is -0.0396. The van der Waals surface area contributed by atoms with Crippen molar-refractivity contribution in [2.75, 3.05) is 13.7 Å². The van der Waals surface area contributed by atoms with Gasteiger partial charge in [-0.1, -0.05) is 13.0 Å². The lowest BCUT2D eigenvalue weighted by atomic mass is 10.1. The average molecular weight is 287 g/mol. The second kappa shape index (κ2) is 6.37. The first kappa shape index (κ1) is 15.0. The van der Waals surface area contributed by atoms with E-state index in [0.29, 0.717) is 24.3 Å². The van der Waals surface area contributed by atoms with Crippen LogP contribution in [0.3, 0.4) is 0 Å². The number of nitrogens with one attached hydrogen (secondary N) is 1. The molecule has 0 spiro atoms. The van der Waals surface area contributed by atoms with Crippen molar-refractivity contribution >= 4 is 11.8 Å². The predicted molar refractivity (Wildman–Crippen MR) is 75.3 cm³/mol. The minimum atomic E-state index is -0.324. The quantitative estimate of drug-likeness (QED) is 0.828. The Morgan fingerprint density at radius 3 is 2.86 bits per heavy atom. The molecular weight excluding hydrogens is 270 g/mol. The molecule has 0 radical (unpaired) electrons. The molecule has 1 aliphatic rings. The van der Waals surface area contributed by atoms with Gasteiger partial charge in [0.15, 0.2) is 0 Å². The van der Waals surface area contributed by atoms with E-state index in [1.54, 1.807) is 12.1 Å². The number of carbonyl (C=O) groups is 2. The number of hydrogen-bond donors (Lipinski definition) is 1. The maximum Gasteiger partial charge on any atom is 0.243 e. The third-order valence-corrected chi connectivity index (χ3v) is 3.51. The fourth-order valence-corrected chi connectivity index (χ4v) is 2.51. The number of nitrogens with zero attached hydrogens (tertiary/aromatic N) is 2. The van der Waals surface area contributed by atoms with Crippen LogP contribution in [0.5, 0.6) is 5.75 Å². The van der Waals surface area contributed by atoms with Crippen molar-refractivity contribution in [1.82, 2.24) is 10.2 Å². The summed E-state index contributed by atoms with van der Waals surface area (Å²) >= 11 is 0. The number of amides is 2. The summed E-state index contributed by atoms with van der Waals surface area (Å²) < 4.78 is 5.10. The van der Waals surface area contributed by atoms with Crippen LogP contribution in [0.15, 0.2) is 18.2 Å². The molecule has 1 aliphatic heterocycles. The second-order valence-electron chi connectivity index (χ2n) is 4.89. The van der Waals surface area contributed by atoms with Gasteiger partial charge >= 0.3 is 0 Å². The maximum absolute atomic E-state index is 11.8. The van der Waals surface area contributed by atoms with E-state index >= 15 is 0 Å². The molecule has 0 aromatic heterocycles. The van der Waals surface area contributed by atoms with Gasteiger partial charge in [0.1, 0.15) is 11.8 Å². The number of methoxy groups -OCH3 is 1. The van der Waals surface area contributed by atoms with Crippen molar-refractivity contribution in [3.63, 3.8) is 0 Å². The molecule has 1 aromatic rings. The zero-order valence-corrected chi connectivity index (χ0v) is 12.0. The molecule has 6 heteroatoms. The third kappa shape index (κ3) is 3.20. The highest BCUT2D eigenvalue weighted by molar-refractivity contribution is 6.01. The van der Waals surface area contributed by atoms with Gasteiger partial charge in [0.2, 0.25) is 11.8 Å². The number of piperazine rings is 1. The number of imide groups is 1. The Morgan fingerprint density at radius 2 is 2.24 bits per heavy atom. The molecule has 1 unspecified atom stereocenters. The molecule has 0 saturated carbocycles. The number of nitriles is 1. The van der Waals surface area contributed by atoms with Gasteiger partial charge in [0.25, 0.3) is 0 Å². The first-order chi connectivity index (χ1) is 10.1. The van der Waals surface area contributed by atoms with Crippen LogP contribution in [0.1, 0.15) is 24.5 Å². The predicted octanol–water partition coefficient (Wildman–Crippen LogP) is 0.804. The van der Waals surface area contributed by atoms with E-state index in [2.05, 4.69) is 11.4 Å². The van der Waals surface area contributed by atoms with Gasteiger partial charge in [-0.3, -0.25) is 19.8 Å². The minimum Gasteiger partial charge on any atom is -0.495 e. The summed E-state index contributed by atoms with van der Waals surface area (Å²) in [6.45, 7) is 2.52. The molecule has 6 nitrogen and oxygen atoms in total. The van der Waals surface area contributed by atoms with Crippen LogP contribution in [0, 0.1) is 11.3 Å². The summed E-state index contributed by atoms with van der Waals surface area (Å²) in [6.07, 6.45) is 0.625. The Balaban J connectivity index is 2.22. The van der Waals surface area contributed by atoms with Crippen LogP contribution in [0.2, 0.25) is 0 Å². The Kier molecular flexibility index (Phi) is 4.55. The number of ether oxygens (including phenoxy) is 1. The van der Waals surface area contributed by atoms with Gasteiger partial charge in [-0.2, -0.15) is 5.26 Å². The fourth-order valence-electron chi connectivity index (χ4n) is 2.51. The molecular formula is C15H17N3O3. The molecule has 2 amide bonds. The molecule has 1 heterocycles. The van der Waals surface area contributed by atoms with E-state index in [9.17, 15) is 9.59 Å². The molecule has 2 rings (SSSR count). The van der Waals surface area contributed by atoms with Gasteiger partial charge in [-0.25, -0.2) is 0 Å². The Hall–Kier alpha value is -2.39. The normalized spacial score (nSPS) is 19.0. The molecule has 1 saturated heterocycles. The van der Waals surface area contributed by atoms with Gasteiger partial charge in [0, 0.05) is 6.54 Å². The second-order valence-corrected chi connectivity index (χ2v) is 4.89. The summed E-state index contributed by atoms with van der Waals surface area (Å²) in [7, 11) is 1.51. The molecule has 21 heavy (non-hydrogen) atoms. The third-order valence-electron chi connectivity index (χ3n) is 3.51. The number of benzene rings is 1. The molecule has 0 aliphatic carbocycles. The molecule has 1 atom stereocenters. The summed E-state index contributed by atoms with van der Waals surface area (Å²) in [6, 6.07) is 7.04. The Labute approximate surface area is 123 Å². The van der Waals surface area contributed by atoms with E-state index in [0.717, 1.165) is 5.56 Å². The lowest BCUT2D eigenvalue weighted by Gasteiger charge is -2.33. The highest BCUT2D eigenvalue weighted by Crippen LogP contribution is 2.21. The van der Waals surface area contributed by atoms with Crippen LogP contribution in [0.4, 0.5) is 0 Å². The summed E-state index contributed by atoms with van der Waals surface area (Å²) in [4.78, 5) is 25.2. The van der Waals surface area contributed by atoms with E-state index in [4.69, 9.17) is 10.00 Å². The highest BCUT2D eigenvalue weighted by Gasteiger charge is 2.32. The molecule has 1 N–H and O–H groups in total. The molecule has 1 fully saturated rings. The fraction of sp³-hybridized carbons (Fsp3) is 0.400. The lowest BCUT2D eigenvalue weighted by Crippen LogP contribution is -2.57. The van der Waals surface area contributed by atoms with E-state index in [1.807, 2.05) is 17.9 Å². The first-order valence-corrected chi connectivity index (χ1v) is 6.73. The number of hydrogen-bond acceptors (Lipinski definition) is 5. The zero-order chi connectivity index (χ0) is 15.4. The van der Waals surface area contributed by atoms with Gasteiger partial charge in [0.05, 0.1) is 25.3 Å². The van der Waals surface area contributed by atoms with E-state index in [1.165, 1.54) is 7.11 Å². The van der Waals surface area contributed by atoms with Crippen molar-refractivity contribution < 1.29 is 14.3 Å². The average Bonchev–Trinajstić information content (AvgIpc) is 2.46. The van der Waals surface area contributed by atoms with Crippen LogP contribution in [0.25, 0.3) is 0 Å². The topological polar surface area (TPSA) is 82.4 Å². The lowest BCUT2D eigenvalue weighted by molar-refractivity contribution is -0.140. The standard InChI is InChI=1S/C15H17N3O3/c1-3-12-15(20)17-14(19)9-18(12)8-10-4-5-13(21-2)11(6-10)7-16/h4-6,12H,3,8-9H2,1-2H3,(H,17,19,20). The summed E-state index contributed by atoms with van der Waals surface area (Å²) in [5.41, 5.74) is 1.31. The molecule has 1 aromatic carbocycles. The maximum atomic E-state index is 11.8. The first-order valence-electron chi connectivity index (χ1n) is 6.73. The smallest absolute Gasteiger partial charge is 0.243 e. The van der Waals surface area contributed by atoms with Crippen molar-refractivity contribution in [3.05, 3.63) is 29.3 Å². The van der Waals surface area contributed by atoms with Crippen molar-refractivity contribution in [3.8, 4) is 11.8 Å².